The molecular weight excluding hydrogens is 238 g/mol. The molecule has 98 valence electrons. The molecule has 0 bridgehead atoms. The molecule has 6 nitrogen and oxygen atoms in total. The summed E-state index contributed by atoms with van der Waals surface area (Å²) in [6, 6.07) is 0. The summed E-state index contributed by atoms with van der Waals surface area (Å²) < 4.78 is 10.3. The first-order valence-corrected chi connectivity index (χ1v) is 5.59. The van der Waals surface area contributed by atoms with Gasteiger partial charge in [-0.2, -0.15) is 0 Å². The van der Waals surface area contributed by atoms with Gasteiger partial charge in [0.1, 0.15) is 0 Å². The standard InChI is InChI=1S/C12H15NO5/c1-5-6-8(14)13-9(6)17-7(12(2,3)4)10(13)18-11(15)16/h5,9H,1-4H3,(H,15,16)/t9-/m0/s1. The Kier molecular flexibility index (Phi) is 2.61. The molecule has 2 aliphatic heterocycles. The molecular formula is C12H15NO5. The third kappa shape index (κ3) is 1.64. The van der Waals surface area contributed by atoms with Gasteiger partial charge in [0, 0.05) is 5.41 Å². The third-order valence-electron chi connectivity index (χ3n) is 2.79. The fraction of sp³-hybridized carbons (Fsp3) is 0.500. The number of hydrogen-bond acceptors (Lipinski definition) is 4. The van der Waals surface area contributed by atoms with Crippen LogP contribution in [0.4, 0.5) is 4.79 Å². The summed E-state index contributed by atoms with van der Waals surface area (Å²) in [6.45, 7) is 7.32. The van der Waals surface area contributed by atoms with Crippen molar-refractivity contribution < 1.29 is 24.2 Å². The van der Waals surface area contributed by atoms with E-state index in [1.54, 1.807) is 13.0 Å². The van der Waals surface area contributed by atoms with Gasteiger partial charge in [-0.05, 0) is 6.92 Å². The van der Waals surface area contributed by atoms with Gasteiger partial charge in [-0.3, -0.25) is 4.79 Å². The maximum Gasteiger partial charge on any atom is 0.512 e. The van der Waals surface area contributed by atoms with E-state index in [0.717, 1.165) is 0 Å². The predicted octanol–water partition coefficient (Wildman–Crippen LogP) is 2.04. The van der Waals surface area contributed by atoms with Crippen molar-refractivity contribution in [3.8, 4) is 0 Å². The van der Waals surface area contributed by atoms with Crippen LogP contribution in [0.2, 0.25) is 0 Å². The van der Waals surface area contributed by atoms with E-state index in [1.165, 1.54) is 4.90 Å². The zero-order chi connectivity index (χ0) is 13.7. The number of fused-ring (bicyclic) bond motifs is 1. The van der Waals surface area contributed by atoms with Crippen molar-refractivity contribution in [1.29, 1.82) is 0 Å². The lowest BCUT2D eigenvalue weighted by atomic mass is 9.94. The number of rotatable bonds is 1. The lowest BCUT2D eigenvalue weighted by Crippen LogP contribution is -2.52. The van der Waals surface area contributed by atoms with Crippen LogP contribution in [-0.2, 0) is 14.3 Å². The Bertz CT molecular complexity index is 483. The normalized spacial score (nSPS) is 24.9. The Balaban J connectivity index is 2.40. The van der Waals surface area contributed by atoms with Crippen LogP contribution in [0, 0.1) is 5.41 Å². The topological polar surface area (TPSA) is 76.1 Å². The molecule has 1 fully saturated rings. The highest BCUT2D eigenvalue weighted by molar-refractivity contribution is 6.03. The first-order chi connectivity index (χ1) is 8.27. The smallest absolute Gasteiger partial charge is 0.464 e. The van der Waals surface area contributed by atoms with Crippen LogP contribution in [0.3, 0.4) is 0 Å². The monoisotopic (exact) mass is 253 g/mol. The van der Waals surface area contributed by atoms with Gasteiger partial charge in [-0.1, -0.05) is 26.8 Å². The van der Waals surface area contributed by atoms with E-state index in [-0.39, 0.29) is 11.8 Å². The Hall–Kier alpha value is -1.98. The van der Waals surface area contributed by atoms with Gasteiger partial charge in [0.25, 0.3) is 11.8 Å². The Morgan fingerprint density at radius 2 is 2.11 bits per heavy atom. The first-order valence-electron chi connectivity index (χ1n) is 5.59. The molecule has 0 aromatic heterocycles. The first kappa shape index (κ1) is 12.5. The average Bonchev–Trinajstić information content (AvgIpc) is 2.52. The van der Waals surface area contributed by atoms with Crippen molar-refractivity contribution in [3.63, 3.8) is 0 Å². The van der Waals surface area contributed by atoms with Gasteiger partial charge in [-0.15, -0.1) is 0 Å². The van der Waals surface area contributed by atoms with Crippen LogP contribution in [0.5, 0.6) is 0 Å². The fourth-order valence-corrected chi connectivity index (χ4v) is 1.95. The van der Waals surface area contributed by atoms with Crippen molar-refractivity contribution in [2.45, 2.75) is 33.9 Å². The van der Waals surface area contributed by atoms with Crippen LogP contribution < -0.4 is 0 Å². The SMILES string of the molecule is CC=C1C(=O)N2C(OC(=O)O)=C(C(C)(C)C)O[C@@H]12. The lowest BCUT2D eigenvalue weighted by molar-refractivity contribution is -0.144. The number of amides is 1. The van der Waals surface area contributed by atoms with Gasteiger partial charge >= 0.3 is 6.16 Å². The molecule has 0 unspecified atom stereocenters. The molecule has 18 heavy (non-hydrogen) atoms. The van der Waals surface area contributed by atoms with Gasteiger partial charge < -0.3 is 14.6 Å². The van der Waals surface area contributed by atoms with Crippen molar-refractivity contribution in [2.24, 2.45) is 5.41 Å². The number of nitrogens with zero attached hydrogens (tertiary/aromatic N) is 1. The van der Waals surface area contributed by atoms with E-state index in [4.69, 9.17) is 14.6 Å². The van der Waals surface area contributed by atoms with Gasteiger partial charge in [-0.25, -0.2) is 9.69 Å². The highest BCUT2D eigenvalue weighted by Crippen LogP contribution is 2.45. The van der Waals surface area contributed by atoms with E-state index in [0.29, 0.717) is 11.3 Å². The molecule has 2 rings (SSSR count). The van der Waals surface area contributed by atoms with E-state index in [1.807, 2.05) is 20.8 Å². The molecule has 2 heterocycles. The summed E-state index contributed by atoms with van der Waals surface area (Å²) in [4.78, 5) is 23.7. The van der Waals surface area contributed by atoms with Crippen LogP contribution in [0.25, 0.3) is 0 Å². The van der Waals surface area contributed by atoms with Crippen LogP contribution in [0.1, 0.15) is 27.7 Å². The van der Waals surface area contributed by atoms with Crippen LogP contribution in [0.15, 0.2) is 23.3 Å². The minimum atomic E-state index is -1.46. The van der Waals surface area contributed by atoms with Gasteiger partial charge in [0.05, 0.1) is 5.57 Å². The molecule has 1 amide bonds. The zero-order valence-electron chi connectivity index (χ0n) is 10.7. The second-order valence-electron chi connectivity index (χ2n) is 5.14. The minimum Gasteiger partial charge on any atom is -0.464 e. The van der Waals surface area contributed by atoms with Gasteiger partial charge in [0.15, 0.2) is 5.76 Å². The third-order valence-corrected chi connectivity index (χ3v) is 2.79. The quantitative estimate of drug-likeness (QED) is 0.439. The van der Waals surface area contributed by atoms with Gasteiger partial charge in [0.2, 0.25) is 6.23 Å². The summed E-state index contributed by atoms with van der Waals surface area (Å²) in [6.07, 6.45) is -0.350. The molecule has 1 atom stereocenters. The largest absolute Gasteiger partial charge is 0.512 e. The number of carbonyl (C=O) groups excluding carboxylic acids is 1. The minimum absolute atomic E-state index is 0.0180. The lowest BCUT2D eigenvalue weighted by Gasteiger charge is -2.35. The number of β-lactam (4-membered cyclic amide) rings is 1. The van der Waals surface area contributed by atoms with Crippen molar-refractivity contribution >= 4 is 12.1 Å². The number of ether oxygens (including phenoxy) is 2. The summed E-state index contributed by atoms with van der Waals surface area (Å²) in [5.41, 5.74) is 0.0714. The molecule has 0 aromatic rings. The molecule has 1 saturated heterocycles. The van der Waals surface area contributed by atoms with Crippen LogP contribution in [-0.4, -0.2) is 28.3 Å². The summed E-state index contributed by atoms with van der Waals surface area (Å²) in [5.74, 6) is 0.0775. The number of carbonyl (C=O) groups is 2. The van der Waals surface area contributed by atoms with Crippen molar-refractivity contribution in [2.75, 3.05) is 0 Å². The molecule has 6 heteroatoms. The fourth-order valence-electron chi connectivity index (χ4n) is 1.95. The maximum atomic E-state index is 11.8. The number of allylic oxidation sites excluding steroid dienone is 2. The second kappa shape index (κ2) is 3.76. The average molecular weight is 253 g/mol. The Labute approximate surface area is 104 Å². The summed E-state index contributed by atoms with van der Waals surface area (Å²) in [7, 11) is 0. The summed E-state index contributed by atoms with van der Waals surface area (Å²) in [5, 5.41) is 8.73. The Morgan fingerprint density at radius 3 is 2.56 bits per heavy atom. The van der Waals surface area contributed by atoms with Crippen molar-refractivity contribution in [3.05, 3.63) is 23.3 Å². The number of hydrogen-bond donors (Lipinski definition) is 1. The molecule has 0 spiro atoms. The van der Waals surface area contributed by atoms with E-state index < -0.39 is 17.8 Å². The second-order valence-corrected chi connectivity index (χ2v) is 5.14. The molecule has 0 saturated carbocycles. The summed E-state index contributed by atoms with van der Waals surface area (Å²) >= 11 is 0. The molecule has 0 radical (unpaired) electrons. The Morgan fingerprint density at radius 1 is 1.50 bits per heavy atom. The molecule has 1 N–H and O–H groups in total. The maximum absolute atomic E-state index is 11.8. The van der Waals surface area contributed by atoms with E-state index in [2.05, 4.69) is 0 Å². The highest BCUT2D eigenvalue weighted by atomic mass is 16.7. The zero-order valence-corrected chi connectivity index (χ0v) is 10.7. The molecule has 2 aliphatic rings. The number of carboxylic acid groups (broad SMARTS) is 1. The predicted molar refractivity (Wildman–Crippen MR) is 61.1 cm³/mol. The van der Waals surface area contributed by atoms with E-state index >= 15 is 0 Å². The molecule has 0 aromatic carbocycles. The molecule has 0 aliphatic carbocycles. The van der Waals surface area contributed by atoms with Crippen molar-refractivity contribution in [1.82, 2.24) is 4.90 Å². The van der Waals surface area contributed by atoms with E-state index in [9.17, 15) is 9.59 Å². The highest BCUT2D eigenvalue weighted by Gasteiger charge is 2.55. The van der Waals surface area contributed by atoms with Crippen LogP contribution >= 0.6 is 0 Å².